The maximum Gasteiger partial charge on any atom is 0.313 e. The molecule has 0 aliphatic rings. The highest BCUT2D eigenvalue weighted by Gasteiger charge is 2.13. The van der Waals surface area contributed by atoms with Gasteiger partial charge in [-0.2, -0.15) is 5.10 Å². The average molecular weight is 320 g/mol. The number of aryl methyl sites for hydroxylation is 1. The Kier molecular flexibility index (Phi) is 6.07. The van der Waals surface area contributed by atoms with E-state index in [0.29, 0.717) is 10.9 Å². The third-order valence-corrected chi connectivity index (χ3v) is 4.37. The fourth-order valence-corrected chi connectivity index (χ4v) is 2.91. The second-order valence-corrected chi connectivity index (χ2v) is 8.36. The highest BCUT2D eigenvalue weighted by molar-refractivity contribution is 7.99. The summed E-state index contributed by atoms with van der Waals surface area (Å²) in [5.74, 6) is -0.538. The molecule has 8 heteroatoms. The number of sulfone groups is 1. The maximum atomic E-state index is 11.2. The molecule has 1 heterocycles. The molecule has 0 saturated heterocycles. The van der Waals surface area contributed by atoms with Gasteiger partial charge in [-0.15, -0.1) is 0 Å². The van der Waals surface area contributed by atoms with Crippen molar-refractivity contribution in [2.45, 2.75) is 31.8 Å². The second-order valence-electron chi connectivity index (χ2n) is 5.11. The minimum atomic E-state index is -3.07. The van der Waals surface area contributed by atoms with Crippen molar-refractivity contribution in [3.63, 3.8) is 0 Å². The minimum Gasteiger partial charge on any atom is -0.481 e. The predicted octanol–water partition coefficient (Wildman–Crippen LogP) is 1.30. The first kappa shape index (κ1) is 17.0. The van der Waals surface area contributed by atoms with Crippen LogP contribution in [0.4, 0.5) is 0 Å². The van der Waals surface area contributed by atoms with E-state index < -0.39 is 15.8 Å². The lowest BCUT2D eigenvalue weighted by molar-refractivity contribution is -0.133. The van der Waals surface area contributed by atoms with E-state index >= 15 is 0 Å². The zero-order valence-corrected chi connectivity index (χ0v) is 13.5. The van der Waals surface area contributed by atoms with Crippen molar-refractivity contribution in [3.05, 3.63) is 11.8 Å². The Labute approximate surface area is 123 Å². The van der Waals surface area contributed by atoms with Gasteiger partial charge in [-0.3, -0.25) is 9.48 Å². The molecule has 1 rings (SSSR count). The summed E-state index contributed by atoms with van der Waals surface area (Å²) < 4.78 is 24.0. The molecule has 114 valence electrons. The maximum absolute atomic E-state index is 11.2. The van der Waals surface area contributed by atoms with Crippen molar-refractivity contribution in [1.82, 2.24) is 9.78 Å². The lowest BCUT2D eigenvalue weighted by Gasteiger charge is -2.05. The normalized spacial score (nSPS) is 12.0. The van der Waals surface area contributed by atoms with Crippen LogP contribution in [-0.4, -0.2) is 47.0 Å². The van der Waals surface area contributed by atoms with Gasteiger partial charge in [0.2, 0.25) is 0 Å². The van der Waals surface area contributed by atoms with Gasteiger partial charge in [-0.25, -0.2) is 8.42 Å². The van der Waals surface area contributed by atoms with Gasteiger partial charge >= 0.3 is 5.97 Å². The molecule has 20 heavy (non-hydrogen) atoms. The van der Waals surface area contributed by atoms with Crippen LogP contribution in [0.15, 0.2) is 11.1 Å². The molecule has 0 radical (unpaired) electrons. The third kappa shape index (κ3) is 6.42. The minimum absolute atomic E-state index is 0.00354. The van der Waals surface area contributed by atoms with Gasteiger partial charge < -0.3 is 5.11 Å². The number of hydrogen-bond acceptors (Lipinski definition) is 5. The number of nitrogens with zero attached hydrogens (tertiary/aromatic N) is 2. The van der Waals surface area contributed by atoms with Crippen LogP contribution in [0.5, 0.6) is 0 Å². The Morgan fingerprint density at radius 3 is 2.65 bits per heavy atom. The first-order chi connectivity index (χ1) is 9.17. The summed E-state index contributed by atoms with van der Waals surface area (Å²) in [4.78, 5) is 10.6. The van der Waals surface area contributed by atoms with Gasteiger partial charge in [-0.1, -0.05) is 25.6 Å². The van der Waals surface area contributed by atoms with Gasteiger partial charge in [0, 0.05) is 6.26 Å². The molecule has 0 unspecified atom stereocenters. The van der Waals surface area contributed by atoms with Crippen molar-refractivity contribution < 1.29 is 18.3 Å². The predicted molar refractivity (Wildman–Crippen MR) is 78.8 cm³/mol. The first-order valence-corrected chi connectivity index (χ1v) is 9.31. The van der Waals surface area contributed by atoms with E-state index in [1.165, 1.54) is 6.26 Å². The summed E-state index contributed by atoms with van der Waals surface area (Å²) in [6.07, 6.45) is 1.96. The van der Waals surface area contributed by atoms with Crippen LogP contribution < -0.4 is 0 Å². The largest absolute Gasteiger partial charge is 0.481 e. The van der Waals surface area contributed by atoms with E-state index in [9.17, 15) is 13.2 Å². The summed E-state index contributed by atoms with van der Waals surface area (Å²) >= 11 is 1.16. The monoisotopic (exact) mass is 320 g/mol. The molecule has 0 aliphatic heterocycles. The number of rotatable bonds is 8. The van der Waals surface area contributed by atoms with Crippen molar-refractivity contribution >= 4 is 27.6 Å². The molecule has 0 spiro atoms. The van der Waals surface area contributed by atoms with Crippen molar-refractivity contribution in [1.29, 1.82) is 0 Å². The highest BCUT2D eigenvalue weighted by Crippen LogP contribution is 2.21. The molecule has 0 atom stereocenters. The topological polar surface area (TPSA) is 89.3 Å². The van der Waals surface area contributed by atoms with Crippen molar-refractivity contribution in [2.24, 2.45) is 5.92 Å². The number of aliphatic carboxylic acids is 1. The molecule has 0 saturated carbocycles. The Hall–Kier alpha value is -1.02. The summed E-state index contributed by atoms with van der Waals surface area (Å²) in [7, 11) is -3.07. The molecule has 0 aliphatic carbocycles. The van der Waals surface area contributed by atoms with Crippen LogP contribution in [0.2, 0.25) is 0 Å². The molecule has 1 aromatic rings. The van der Waals surface area contributed by atoms with Gasteiger partial charge in [0.1, 0.15) is 9.84 Å². The van der Waals surface area contributed by atoms with Crippen LogP contribution >= 0.6 is 11.8 Å². The molecule has 1 N–H and O–H groups in total. The Morgan fingerprint density at radius 1 is 1.50 bits per heavy atom. The molecule has 1 aromatic heterocycles. The molecular formula is C12H20N2O4S2. The molecule has 0 aromatic carbocycles. The Balaban J connectivity index is 2.86. The van der Waals surface area contributed by atoms with Crippen LogP contribution in [0.25, 0.3) is 0 Å². The van der Waals surface area contributed by atoms with Crippen LogP contribution in [0, 0.1) is 5.92 Å². The SMILES string of the molecule is CC(C)Cc1cc(SCC(=O)O)n(CCS(C)(=O)=O)n1. The molecule has 0 bridgehead atoms. The number of carboxylic acids is 1. The zero-order valence-electron chi connectivity index (χ0n) is 11.9. The van der Waals surface area contributed by atoms with E-state index in [1.807, 2.05) is 6.07 Å². The summed E-state index contributed by atoms with van der Waals surface area (Å²) in [5.41, 5.74) is 0.862. The van der Waals surface area contributed by atoms with Crippen LogP contribution in [0.3, 0.4) is 0 Å². The first-order valence-electron chi connectivity index (χ1n) is 6.26. The van der Waals surface area contributed by atoms with E-state index in [-0.39, 0.29) is 18.1 Å². The fourth-order valence-electron chi connectivity index (χ4n) is 1.63. The van der Waals surface area contributed by atoms with E-state index in [4.69, 9.17) is 5.11 Å². The number of carboxylic acid groups (broad SMARTS) is 1. The third-order valence-electron chi connectivity index (χ3n) is 2.43. The van der Waals surface area contributed by atoms with Gasteiger partial charge in [0.15, 0.2) is 0 Å². The van der Waals surface area contributed by atoms with Gasteiger partial charge in [0.25, 0.3) is 0 Å². The summed E-state index contributed by atoms with van der Waals surface area (Å²) in [6.45, 7) is 4.39. The zero-order chi connectivity index (χ0) is 15.3. The molecular weight excluding hydrogens is 300 g/mol. The van der Waals surface area contributed by atoms with E-state index in [2.05, 4.69) is 18.9 Å². The Morgan fingerprint density at radius 2 is 2.15 bits per heavy atom. The van der Waals surface area contributed by atoms with E-state index in [0.717, 1.165) is 23.9 Å². The van der Waals surface area contributed by atoms with Crippen LogP contribution in [-0.2, 0) is 27.6 Å². The smallest absolute Gasteiger partial charge is 0.313 e. The van der Waals surface area contributed by atoms with E-state index in [1.54, 1.807) is 4.68 Å². The van der Waals surface area contributed by atoms with Crippen molar-refractivity contribution in [3.8, 4) is 0 Å². The standard InChI is InChI=1S/C12H20N2O4S2/c1-9(2)6-10-7-11(19-8-12(15)16)14(13-10)4-5-20(3,17)18/h7,9H,4-6,8H2,1-3H3,(H,15,16). The number of carbonyl (C=O) groups is 1. The average Bonchev–Trinajstić information content (AvgIpc) is 2.64. The lowest BCUT2D eigenvalue weighted by Crippen LogP contribution is -2.13. The Bertz CT molecular complexity index is 564. The second kappa shape index (κ2) is 7.12. The van der Waals surface area contributed by atoms with Gasteiger partial charge in [-0.05, 0) is 18.4 Å². The fraction of sp³-hybridized carbons (Fsp3) is 0.667. The molecule has 0 fully saturated rings. The summed E-state index contributed by atoms with van der Waals surface area (Å²) in [6, 6.07) is 1.84. The highest BCUT2D eigenvalue weighted by atomic mass is 32.2. The lowest BCUT2D eigenvalue weighted by atomic mass is 10.1. The van der Waals surface area contributed by atoms with Gasteiger partial charge in [0.05, 0.1) is 28.8 Å². The molecule has 0 amide bonds. The van der Waals surface area contributed by atoms with Crippen molar-refractivity contribution in [2.75, 3.05) is 17.8 Å². The summed E-state index contributed by atoms with van der Waals surface area (Å²) in [5, 5.41) is 13.8. The number of aromatic nitrogens is 2. The number of hydrogen-bond donors (Lipinski definition) is 1. The van der Waals surface area contributed by atoms with Crippen LogP contribution in [0.1, 0.15) is 19.5 Å². The molecule has 6 nitrogen and oxygen atoms in total. The quantitative estimate of drug-likeness (QED) is 0.726. The number of thioether (sulfide) groups is 1.